The lowest BCUT2D eigenvalue weighted by Gasteiger charge is -2.13. The van der Waals surface area contributed by atoms with Gasteiger partial charge in [0.1, 0.15) is 11.4 Å². The van der Waals surface area contributed by atoms with Crippen LogP contribution in [0.2, 0.25) is 0 Å². The highest BCUT2D eigenvalue weighted by Gasteiger charge is 2.32. The van der Waals surface area contributed by atoms with Crippen LogP contribution in [0.1, 0.15) is 5.56 Å². The third-order valence-electron chi connectivity index (χ3n) is 3.93. The van der Waals surface area contributed by atoms with Gasteiger partial charge in [-0.3, -0.25) is 9.69 Å². The summed E-state index contributed by atoms with van der Waals surface area (Å²) in [4.78, 5) is 14.3. The van der Waals surface area contributed by atoms with E-state index in [1.807, 2.05) is 30.3 Å². The number of amides is 1. The Morgan fingerprint density at radius 1 is 0.962 bits per heavy atom. The van der Waals surface area contributed by atoms with Crippen molar-refractivity contribution >= 4 is 35.0 Å². The van der Waals surface area contributed by atoms with Gasteiger partial charge < -0.3 is 19.5 Å². The number of hydrogen-bond donors (Lipinski definition) is 1. The molecule has 7 heteroatoms. The molecule has 0 radical (unpaired) electrons. The van der Waals surface area contributed by atoms with Crippen molar-refractivity contribution in [3.05, 3.63) is 53.7 Å². The van der Waals surface area contributed by atoms with Crippen LogP contribution in [0.5, 0.6) is 17.2 Å². The predicted octanol–water partition coefficient (Wildman–Crippen LogP) is 2.97. The van der Waals surface area contributed by atoms with E-state index in [2.05, 4.69) is 5.32 Å². The lowest BCUT2D eigenvalue weighted by atomic mass is 10.1. The van der Waals surface area contributed by atoms with Gasteiger partial charge in [-0.25, -0.2) is 0 Å². The van der Waals surface area contributed by atoms with Crippen LogP contribution in [0.15, 0.2) is 48.2 Å². The molecular weight excluding hydrogens is 352 g/mol. The van der Waals surface area contributed by atoms with Gasteiger partial charge in [0.15, 0.2) is 16.6 Å². The second-order valence-electron chi connectivity index (χ2n) is 5.41. The van der Waals surface area contributed by atoms with E-state index in [0.717, 1.165) is 0 Å². The summed E-state index contributed by atoms with van der Waals surface area (Å²) < 4.78 is 16.0. The maximum Gasteiger partial charge on any atom is 0.281 e. The van der Waals surface area contributed by atoms with Crippen LogP contribution in [0.4, 0.5) is 5.69 Å². The highest BCUT2D eigenvalue weighted by atomic mass is 32.1. The third-order valence-corrected chi connectivity index (χ3v) is 4.21. The normalized spacial score (nSPS) is 15.2. The summed E-state index contributed by atoms with van der Waals surface area (Å²) in [6.07, 6.45) is 1.68. The summed E-state index contributed by atoms with van der Waals surface area (Å²) >= 11 is 5.32. The average molecular weight is 370 g/mol. The molecule has 1 saturated heterocycles. The Hall–Kier alpha value is -3.06. The van der Waals surface area contributed by atoms with E-state index in [1.165, 1.54) is 4.90 Å². The molecule has 134 valence electrons. The van der Waals surface area contributed by atoms with E-state index in [4.69, 9.17) is 26.4 Å². The Labute approximate surface area is 157 Å². The van der Waals surface area contributed by atoms with Gasteiger partial charge in [-0.2, -0.15) is 0 Å². The van der Waals surface area contributed by atoms with Gasteiger partial charge in [-0.15, -0.1) is 0 Å². The number of para-hydroxylation sites is 1. The van der Waals surface area contributed by atoms with Gasteiger partial charge in [-0.05, 0) is 36.5 Å². The van der Waals surface area contributed by atoms with E-state index in [0.29, 0.717) is 39.3 Å². The number of nitrogens with zero attached hydrogens (tertiary/aromatic N) is 1. The van der Waals surface area contributed by atoms with Crippen LogP contribution in [-0.2, 0) is 4.79 Å². The summed E-state index contributed by atoms with van der Waals surface area (Å²) in [5, 5.41) is 3.29. The van der Waals surface area contributed by atoms with Gasteiger partial charge in [0.25, 0.3) is 5.91 Å². The Balaban J connectivity index is 2.01. The molecule has 26 heavy (non-hydrogen) atoms. The van der Waals surface area contributed by atoms with Gasteiger partial charge in [0.2, 0.25) is 0 Å². The highest BCUT2D eigenvalue weighted by Crippen LogP contribution is 2.36. The van der Waals surface area contributed by atoms with Crippen molar-refractivity contribution in [1.82, 2.24) is 5.32 Å². The van der Waals surface area contributed by atoms with Gasteiger partial charge in [-0.1, -0.05) is 18.2 Å². The third kappa shape index (κ3) is 3.21. The topological polar surface area (TPSA) is 60.0 Å². The Morgan fingerprint density at radius 3 is 2.19 bits per heavy atom. The number of methoxy groups -OCH3 is 3. The molecule has 1 aliphatic rings. The van der Waals surface area contributed by atoms with E-state index in [-0.39, 0.29) is 5.91 Å². The average Bonchev–Trinajstić information content (AvgIpc) is 2.95. The molecule has 1 fully saturated rings. The lowest BCUT2D eigenvalue weighted by molar-refractivity contribution is -0.113. The van der Waals surface area contributed by atoms with Crippen LogP contribution in [0.25, 0.3) is 6.08 Å². The number of hydrogen-bond acceptors (Lipinski definition) is 5. The molecule has 0 bridgehead atoms. The molecule has 0 atom stereocenters. The van der Waals surface area contributed by atoms with Crippen LogP contribution in [0.3, 0.4) is 0 Å². The molecule has 0 spiro atoms. The first-order chi connectivity index (χ1) is 12.6. The van der Waals surface area contributed by atoms with E-state index < -0.39 is 0 Å². The second-order valence-corrected chi connectivity index (χ2v) is 5.80. The summed E-state index contributed by atoms with van der Waals surface area (Å²) in [6.45, 7) is 0. The van der Waals surface area contributed by atoms with Gasteiger partial charge in [0, 0.05) is 11.6 Å². The van der Waals surface area contributed by atoms with Crippen molar-refractivity contribution < 1.29 is 19.0 Å². The Morgan fingerprint density at radius 2 is 1.58 bits per heavy atom. The molecular formula is C19H18N2O4S. The number of anilines is 1. The van der Waals surface area contributed by atoms with E-state index in [9.17, 15) is 4.79 Å². The van der Waals surface area contributed by atoms with Crippen molar-refractivity contribution in [3.8, 4) is 17.2 Å². The fourth-order valence-corrected chi connectivity index (χ4v) is 2.97. The van der Waals surface area contributed by atoms with Crippen LogP contribution < -0.4 is 24.4 Å². The minimum absolute atomic E-state index is 0.238. The molecule has 0 saturated carbocycles. The van der Waals surface area contributed by atoms with Crippen LogP contribution in [-0.4, -0.2) is 32.3 Å². The van der Waals surface area contributed by atoms with Crippen molar-refractivity contribution in [2.75, 3.05) is 26.2 Å². The van der Waals surface area contributed by atoms with Gasteiger partial charge in [0.05, 0.1) is 27.0 Å². The summed E-state index contributed by atoms with van der Waals surface area (Å²) in [5.74, 6) is 1.39. The Bertz CT molecular complexity index is 881. The van der Waals surface area contributed by atoms with E-state index >= 15 is 0 Å². The summed E-state index contributed by atoms with van der Waals surface area (Å²) in [6, 6.07) is 12.7. The van der Waals surface area contributed by atoms with E-state index in [1.54, 1.807) is 39.5 Å². The van der Waals surface area contributed by atoms with Crippen LogP contribution >= 0.6 is 12.2 Å². The molecule has 0 aromatic heterocycles. The Kier molecular flexibility index (Phi) is 5.09. The predicted molar refractivity (Wildman–Crippen MR) is 104 cm³/mol. The number of carbonyl (C=O) groups is 1. The van der Waals surface area contributed by atoms with Crippen molar-refractivity contribution in [2.24, 2.45) is 0 Å². The fraction of sp³-hybridized carbons (Fsp3) is 0.158. The maximum atomic E-state index is 12.8. The molecule has 2 aromatic carbocycles. The molecule has 0 unspecified atom stereocenters. The number of benzene rings is 2. The van der Waals surface area contributed by atoms with Crippen molar-refractivity contribution in [2.45, 2.75) is 0 Å². The highest BCUT2D eigenvalue weighted by molar-refractivity contribution is 7.80. The van der Waals surface area contributed by atoms with Gasteiger partial charge >= 0.3 is 0 Å². The monoisotopic (exact) mass is 370 g/mol. The number of nitrogens with one attached hydrogen (secondary N) is 1. The molecule has 1 heterocycles. The second kappa shape index (κ2) is 7.45. The quantitative estimate of drug-likeness (QED) is 0.645. The minimum atomic E-state index is -0.238. The number of carbonyl (C=O) groups excluding carboxylic acids is 1. The number of thiocarbonyl (C=S) groups is 1. The maximum absolute atomic E-state index is 12.8. The lowest BCUT2D eigenvalue weighted by Crippen LogP contribution is -2.30. The first-order valence-electron chi connectivity index (χ1n) is 7.81. The summed E-state index contributed by atoms with van der Waals surface area (Å²) in [5.41, 5.74) is 1.72. The molecule has 1 N–H and O–H groups in total. The molecule has 1 amide bonds. The number of rotatable bonds is 5. The molecule has 0 aliphatic carbocycles. The number of ether oxygens (including phenoxy) is 3. The van der Waals surface area contributed by atoms with Crippen molar-refractivity contribution in [1.29, 1.82) is 0 Å². The molecule has 6 nitrogen and oxygen atoms in total. The zero-order valence-electron chi connectivity index (χ0n) is 14.6. The van der Waals surface area contributed by atoms with Crippen molar-refractivity contribution in [3.63, 3.8) is 0 Å². The largest absolute Gasteiger partial charge is 0.496 e. The van der Waals surface area contributed by atoms with Crippen LogP contribution in [0, 0.1) is 0 Å². The zero-order valence-corrected chi connectivity index (χ0v) is 15.4. The standard InChI is InChI=1S/C19H18N2O4S/c1-23-15-11-17(25-3)16(24-2)10-12(15)9-14-18(22)21(19(26)20-14)13-7-5-4-6-8-13/h4-11H,1-3H3,(H,20,26). The molecule has 1 aliphatic heterocycles. The fourth-order valence-electron chi connectivity index (χ4n) is 2.67. The summed E-state index contributed by atoms with van der Waals surface area (Å²) in [7, 11) is 4.65. The first-order valence-corrected chi connectivity index (χ1v) is 8.22. The zero-order chi connectivity index (χ0) is 18.7. The smallest absolute Gasteiger partial charge is 0.281 e. The SMILES string of the molecule is COc1cc(OC)c(OC)cc1C=C1NC(=S)N(c2ccccc2)C1=O. The molecule has 3 rings (SSSR count). The first kappa shape index (κ1) is 17.8. The molecule has 2 aromatic rings. The minimum Gasteiger partial charge on any atom is -0.496 e.